The number of nitriles is 2. The third-order valence-electron chi connectivity index (χ3n) is 3.87. The minimum Gasteiger partial charge on any atom is -0.365 e. The molecule has 3 heteroatoms. The Kier molecular flexibility index (Phi) is 6.72. The van der Waals surface area contributed by atoms with Crippen LogP contribution in [0.4, 0.5) is 0 Å². The van der Waals surface area contributed by atoms with Gasteiger partial charge in [0.25, 0.3) is 0 Å². The van der Waals surface area contributed by atoms with Crippen LogP contribution in [0.1, 0.15) is 47.3 Å². The van der Waals surface area contributed by atoms with E-state index in [1.54, 1.807) is 24.3 Å². The Hall–Kier alpha value is -3.14. The van der Waals surface area contributed by atoms with Crippen LogP contribution >= 0.6 is 0 Å². The lowest BCUT2D eigenvalue weighted by molar-refractivity contribution is -0.0120. The molecule has 0 N–H and O–H groups in total. The SMILES string of the molecule is C=CCC(OC(CC=C)c1cccc(C#N)c1)c1cccc(C#N)c1. The average molecular weight is 328 g/mol. The van der Waals surface area contributed by atoms with Crippen LogP contribution in [0.2, 0.25) is 0 Å². The Labute approximate surface area is 149 Å². The second-order valence-corrected chi connectivity index (χ2v) is 5.64. The summed E-state index contributed by atoms with van der Waals surface area (Å²) in [4.78, 5) is 0. The van der Waals surface area contributed by atoms with Gasteiger partial charge in [-0.05, 0) is 48.2 Å². The zero-order chi connectivity index (χ0) is 18.1. The molecule has 0 aliphatic heterocycles. The van der Waals surface area contributed by atoms with Gasteiger partial charge in [0, 0.05) is 0 Å². The first-order valence-corrected chi connectivity index (χ1v) is 8.09. The molecule has 2 unspecified atom stereocenters. The van der Waals surface area contributed by atoms with E-state index in [9.17, 15) is 0 Å². The summed E-state index contributed by atoms with van der Waals surface area (Å²) in [6, 6.07) is 19.1. The van der Waals surface area contributed by atoms with Crippen LogP contribution < -0.4 is 0 Å². The highest BCUT2D eigenvalue weighted by Crippen LogP contribution is 2.32. The van der Waals surface area contributed by atoms with Crippen LogP contribution in [0.25, 0.3) is 0 Å². The lowest BCUT2D eigenvalue weighted by Gasteiger charge is -2.24. The highest BCUT2D eigenvalue weighted by molar-refractivity contribution is 5.35. The molecule has 0 fully saturated rings. The van der Waals surface area contributed by atoms with Crippen molar-refractivity contribution in [1.82, 2.24) is 0 Å². The van der Waals surface area contributed by atoms with Gasteiger partial charge in [0.15, 0.2) is 0 Å². The van der Waals surface area contributed by atoms with E-state index < -0.39 is 0 Å². The van der Waals surface area contributed by atoms with Crippen molar-refractivity contribution in [2.75, 3.05) is 0 Å². The monoisotopic (exact) mass is 328 g/mol. The van der Waals surface area contributed by atoms with Crippen molar-refractivity contribution < 1.29 is 4.74 Å². The van der Waals surface area contributed by atoms with E-state index in [1.165, 1.54) is 0 Å². The van der Waals surface area contributed by atoms with Crippen LogP contribution in [0.15, 0.2) is 73.8 Å². The fourth-order valence-corrected chi connectivity index (χ4v) is 2.66. The molecule has 0 saturated heterocycles. The van der Waals surface area contributed by atoms with Gasteiger partial charge in [0.2, 0.25) is 0 Å². The van der Waals surface area contributed by atoms with E-state index in [1.807, 2.05) is 36.4 Å². The van der Waals surface area contributed by atoms with E-state index in [0.29, 0.717) is 24.0 Å². The van der Waals surface area contributed by atoms with E-state index in [-0.39, 0.29) is 12.2 Å². The average Bonchev–Trinajstić information content (AvgIpc) is 2.67. The first-order chi connectivity index (χ1) is 12.2. The summed E-state index contributed by atoms with van der Waals surface area (Å²) in [7, 11) is 0. The molecular formula is C22H20N2O. The Morgan fingerprint density at radius 1 is 0.840 bits per heavy atom. The van der Waals surface area contributed by atoms with Crippen molar-refractivity contribution in [1.29, 1.82) is 10.5 Å². The van der Waals surface area contributed by atoms with Gasteiger partial charge in [-0.2, -0.15) is 10.5 Å². The minimum absolute atomic E-state index is 0.221. The number of hydrogen-bond acceptors (Lipinski definition) is 3. The van der Waals surface area contributed by atoms with Crippen molar-refractivity contribution in [2.24, 2.45) is 0 Å². The largest absolute Gasteiger partial charge is 0.365 e. The Balaban J connectivity index is 2.33. The van der Waals surface area contributed by atoms with Gasteiger partial charge in [0.1, 0.15) is 0 Å². The van der Waals surface area contributed by atoms with Gasteiger partial charge in [-0.25, -0.2) is 0 Å². The first-order valence-electron chi connectivity index (χ1n) is 8.09. The minimum atomic E-state index is -0.221. The Morgan fingerprint density at radius 2 is 1.28 bits per heavy atom. The number of benzene rings is 2. The molecular weight excluding hydrogens is 308 g/mol. The number of ether oxygens (including phenoxy) is 1. The second kappa shape index (κ2) is 9.23. The van der Waals surface area contributed by atoms with E-state index >= 15 is 0 Å². The summed E-state index contributed by atoms with van der Waals surface area (Å²) < 4.78 is 6.34. The fraction of sp³-hybridized carbons (Fsp3) is 0.182. The van der Waals surface area contributed by atoms with Gasteiger partial charge in [-0.15, -0.1) is 13.2 Å². The molecule has 0 spiro atoms. The zero-order valence-corrected chi connectivity index (χ0v) is 14.1. The van der Waals surface area contributed by atoms with Crippen molar-refractivity contribution in [3.05, 3.63) is 96.1 Å². The Bertz CT molecular complexity index is 757. The summed E-state index contributed by atoms with van der Waals surface area (Å²) in [6.07, 6.45) is 4.42. The van der Waals surface area contributed by atoms with Crippen LogP contribution in [0.3, 0.4) is 0 Å². The molecule has 0 heterocycles. The third-order valence-corrected chi connectivity index (χ3v) is 3.87. The van der Waals surface area contributed by atoms with Crippen LogP contribution in [-0.4, -0.2) is 0 Å². The molecule has 0 aromatic heterocycles. The highest BCUT2D eigenvalue weighted by Gasteiger charge is 2.19. The molecule has 3 nitrogen and oxygen atoms in total. The van der Waals surface area contributed by atoms with Crippen molar-refractivity contribution in [2.45, 2.75) is 25.0 Å². The van der Waals surface area contributed by atoms with E-state index in [2.05, 4.69) is 25.3 Å². The summed E-state index contributed by atoms with van der Waals surface area (Å²) in [5.74, 6) is 0. The fourth-order valence-electron chi connectivity index (χ4n) is 2.66. The highest BCUT2D eigenvalue weighted by atomic mass is 16.5. The topological polar surface area (TPSA) is 56.8 Å². The van der Waals surface area contributed by atoms with Crippen LogP contribution in [-0.2, 0) is 4.74 Å². The molecule has 124 valence electrons. The van der Waals surface area contributed by atoms with Gasteiger partial charge >= 0.3 is 0 Å². The number of rotatable bonds is 8. The molecule has 2 atom stereocenters. The lowest BCUT2D eigenvalue weighted by Crippen LogP contribution is -2.10. The smallest absolute Gasteiger partial charge is 0.0991 e. The number of nitrogens with zero attached hydrogens (tertiary/aromatic N) is 2. The predicted molar refractivity (Wildman–Crippen MR) is 98.5 cm³/mol. The molecule has 0 saturated carbocycles. The molecule has 2 aromatic rings. The molecule has 2 rings (SSSR count). The molecule has 25 heavy (non-hydrogen) atoms. The quantitative estimate of drug-likeness (QED) is 0.611. The Morgan fingerprint density at radius 3 is 1.64 bits per heavy atom. The van der Waals surface area contributed by atoms with Gasteiger partial charge in [-0.3, -0.25) is 0 Å². The van der Waals surface area contributed by atoms with E-state index in [4.69, 9.17) is 15.3 Å². The van der Waals surface area contributed by atoms with Crippen LogP contribution in [0.5, 0.6) is 0 Å². The van der Waals surface area contributed by atoms with Crippen LogP contribution in [0, 0.1) is 22.7 Å². The molecule has 0 aliphatic carbocycles. The zero-order valence-electron chi connectivity index (χ0n) is 14.1. The summed E-state index contributed by atoms with van der Waals surface area (Å²) in [5.41, 5.74) is 3.07. The van der Waals surface area contributed by atoms with Gasteiger partial charge in [-0.1, -0.05) is 36.4 Å². The maximum Gasteiger partial charge on any atom is 0.0991 e. The van der Waals surface area contributed by atoms with Crippen molar-refractivity contribution >= 4 is 0 Å². The van der Waals surface area contributed by atoms with Gasteiger partial charge in [0.05, 0.1) is 35.5 Å². The molecule has 2 aromatic carbocycles. The maximum absolute atomic E-state index is 9.12. The normalized spacial score (nSPS) is 12.4. The number of hydrogen-bond donors (Lipinski definition) is 0. The van der Waals surface area contributed by atoms with Crippen molar-refractivity contribution in [3.63, 3.8) is 0 Å². The van der Waals surface area contributed by atoms with Crippen molar-refractivity contribution in [3.8, 4) is 12.1 Å². The summed E-state index contributed by atoms with van der Waals surface area (Å²) >= 11 is 0. The lowest BCUT2D eigenvalue weighted by atomic mass is 10.0. The molecule has 0 bridgehead atoms. The maximum atomic E-state index is 9.12. The molecule has 0 radical (unpaired) electrons. The third kappa shape index (κ3) is 4.91. The summed E-state index contributed by atoms with van der Waals surface area (Å²) in [5, 5.41) is 18.2. The predicted octanol–water partition coefficient (Wildman–Crippen LogP) is 5.38. The first kappa shape index (κ1) is 18.2. The second-order valence-electron chi connectivity index (χ2n) is 5.64. The molecule has 0 aliphatic rings. The summed E-state index contributed by atoms with van der Waals surface area (Å²) in [6.45, 7) is 7.63. The standard InChI is InChI=1S/C22H20N2O/c1-3-7-21(19-11-5-9-17(13-19)15-23)25-22(8-4-2)20-12-6-10-18(14-20)16-24/h3-6,9-14,21-22H,1-2,7-8H2. The van der Waals surface area contributed by atoms with E-state index in [0.717, 1.165) is 11.1 Å². The van der Waals surface area contributed by atoms with Gasteiger partial charge < -0.3 is 4.74 Å². The molecule has 0 amide bonds.